The second-order valence-electron chi connectivity index (χ2n) is 4.91. The molecule has 1 saturated carbocycles. The molecule has 5 nitrogen and oxygen atoms in total. The fourth-order valence-electron chi connectivity index (χ4n) is 2.32. The van der Waals surface area contributed by atoms with E-state index in [2.05, 4.69) is 10.3 Å². The Labute approximate surface area is 122 Å². The van der Waals surface area contributed by atoms with E-state index < -0.39 is 5.91 Å². The molecule has 0 atom stereocenters. The van der Waals surface area contributed by atoms with Crippen molar-refractivity contribution in [1.29, 1.82) is 0 Å². The van der Waals surface area contributed by atoms with Crippen LogP contribution in [0.25, 0.3) is 0 Å². The highest BCUT2D eigenvalue weighted by Crippen LogP contribution is 2.27. The van der Waals surface area contributed by atoms with Gasteiger partial charge in [0.25, 0.3) is 5.91 Å². The monoisotopic (exact) mass is 296 g/mol. The van der Waals surface area contributed by atoms with Crippen LogP contribution in [0, 0.1) is 5.92 Å². The summed E-state index contributed by atoms with van der Waals surface area (Å²) in [4.78, 5) is 27.1. The van der Waals surface area contributed by atoms with E-state index in [0.29, 0.717) is 18.0 Å². The molecular weight excluding hydrogens is 280 g/mol. The number of hydrogen-bond donors (Lipinski definition) is 1. The molecule has 20 heavy (non-hydrogen) atoms. The van der Waals surface area contributed by atoms with Gasteiger partial charge in [-0.05, 0) is 30.9 Å². The van der Waals surface area contributed by atoms with Crippen LogP contribution < -0.4 is 5.32 Å². The van der Waals surface area contributed by atoms with Gasteiger partial charge >= 0.3 is 5.97 Å². The third kappa shape index (κ3) is 4.49. The first kappa shape index (κ1) is 14.8. The lowest BCUT2D eigenvalue weighted by Gasteiger charge is -2.09. The Morgan fingerprint density at radius 1 is 1.40 bits per heavy atom. The molecule has 6 heteroatoms. The molecule has 0 bridgehead atoms. The number of amides is 1. The number of pyridine rings is 1. The van der Waals surface area contributed by atoms with Crippen LogP contribution in [-0.4, -0.2) is 23.5 Å². The van der Waals surface area contributed by atoms with Crippen LogP contribution in [0.4, 0.5) is 5.69 Å². The van der Waals surface area contributed by atoms with Crippen LogP contribution in [0.5, 0.6) is 0 Å². The van der Waals surface area contributed by atoms with Gasteiger partial charge < -0.3 is 10.1 Å². The maximum Gasteiger partial charge on any atom is 0.306 e. The van der Waals surface area contributed by atoms with E-state index >= 15 is 0 Å². The van der Waals surface area contributed by atoms with Crippen molar-refractivity contribution in [2.24, 2.45) is 5.92 Å². The summed E-state index contributed by atoms with van der Waals surface area (Å²) in [5, 5.41) is 2.76. The lowest BCUT2D eigenvalue weighted by atomic mass is 10.1. The number of anilines is 1. The highest BCUT2D eigenvalue weighted by molar-refractivity contribution is 6.32. The van der Waals surface area contributed by atoms with Gasteiger partial charge in [-0.2, -0.15) is 0 Å². The Kier molecular flexibility index (Phi) is 5.35. The quantitative estimate of drug-likeness (QED) is 0.670. The summed E-state index contributed by atoms with van der Waals surface area (Å²) in [6.07, 6.45) is 6.44. The minimum absolute atomic E-state index is 0.207. The van der Waals surface area contributed by atoms with Gasteiger partial charge in [-0.3, -0.25) is 9.59 Å². The molecule has 0 saturated heterocycles. The van der Waals surface area contributed by atoms with E-state index in [1.54, 1.807) is 12.1 Å². The van der Waals surface area contributed by atoms with E-state index in [1.807, 2.05) is 0 Å². The molecule has 1 aliphatic rings. The van der Waals surface area contributed by atoms with E-state index in [1.165, 1.54) is 19.0 Å². The third-order valence-electron chi connectivity index (χ3n) is 3.33. The molecule has 0 aliphatic heterocycles. The predicted molar refractivity (Wildman–Crippen MR) is 75.4 cm³/mol. The maximum atomic E-state index is 11.6. The number of ether oxygens (including phenoxy) is 1. The number of esters is 1. The number of nitrogens with zero attached hydrogens (tertiary/aromatic N) is 1. The average Bonchev–Trinajstić information content (AvgIpc) is 2.92. The molecule has 1 aliphatic carbocycles. The summed E-state index contributed by atoms with van der Waals surface area (Å²) in [7, 11) is 0. The highest BCUT2D eigenvalue weighted by Gasteiger charge is 2.19. The zero-order valence-electron chi connectivity index (χ0n) is 11.1. The van der Waals surface area contributed by atoms with Gasteiger partial charge in [0.05, 0.1) is 5.69 Å². The fourth-order valence-corrected chi connectivity index (χ4v) is 2.49. The van der Waals surface area contributed by atoms with Crippen molar-refractivity contribution in [3.63, 3.8) is 0 Å². The zero-order valence-corrected chi connectivity index (χ0v) is 11.9. The number of rotatable bonds is 5. The van der Waals surface area contributed by atoms with Gasteiger partial charge in [0, 0.05) is 12.6 Å². The molecule has 1 fully saturated rings. The van der Waals surface area contributed by atoms with Gasteiger partial charge in [-0.15, -0.1) is 0 Å². The van der Waals surface area contributed by atoms with Crippen LogP contribution >= 0.6 is 11.6 Å². The number of nitrogens with one attached hydrogen (secondary N) is 1. The van der Waals surface area contributed by atoms with Gasteiger partial charge in [-0.25, -0.2) is 4.98 Å². The normalized spacial score (nSPS) is 15.1. The van der Waals surface area contributed by atoms with Crippen molar-refractivity contribution in [2.45, 2.75) is 32.1 Å². The number of carbonyl (C=O) groups is 2. The second kappa shape index (κ2) is 7.24. The Hall–Kier alpha value is -1.62. The van der Waals surface area contributed by atoms with Crippen LogP contribution in [-0.2, 0) is 14.3 Å². The van der Waals surface area contributed by atoms with Gasteiger partial charge in [0.15, 0.2) is 11.8 Å². The predicted octanol–water partition coefficient (Wildman–Crippen LogP) is 2.80. The van der Waals surface area contributed by atoms with E-state index in [9.17, 15) is 9.59 Å². The summed E-state index contributed by atoms with van der Waals surface area (Å²) in [5.41, 5.74) is 0.408. The first-order valence-corrected chi connectivity index (χ1v) is 7.09. The van der Waals surface area contributed by atoms with Crippen molar-refractivity contribution in [1.82, 2.24) is 4.98 Å². The zero-order chi connectivity index (χ0) is 14.4. The summed E-state index contributed by atoms with van der Waals surface area (Å²) < 4.78 is 4.96. The van der Waals surface area contributed by atoms with E-state index in [0.717, 1.165) is 12.8 Å². The topological polar surface area (TPSA) is 68.3 Å². The smallest absolute Gasteiger partial charge is 0.306 e. The summed E-state index contributed by atoms with van der Waals surface area (Å²) in [5.74, 6) is -0.317. The molecule has 1 aromatic heterocycles. The molecule has 1 amide bonds. The number of halogens is 1. The molecular formula is C14H17ClN2O3. The van der Waals surface area contributed by atoms with Crippen LogP contribution in [0.1, 0.15) is 32.1 Å². The van der Waals surface area contributed by atoms with Crippen molar-refractivity contribution in [2.75, 3.05) is 11.9 Å². The van der Waals surface area contributed by atoms with Gasteiger partial charge in [-0.1, -0.05) is 24.4 Å². The van der Waals surface area contributed by atoms with Crippen LogP contribution in [0.3, 0.4) is 0 Å². The first-order valence-electron chi connectivity index (χ1n) is 6.71. The standard InChI is InChI=1S/C14H17ClN2O3/c15-14-11(6-3-7-16-14)17-12(18)9-20-13(19)8-10-4-1-2-5-10/h3,6-7,10H,1-2,4-5,8-9H2,(H,17,18). The molecule has 0 aromatic carbocycles. The molecule has 108 valence electrons. The first-order chi connectivity index (χ1) is 9.65. The Bertz CT molecular complexity index is 487. The van der Waals surface area contributed by atoms with E-state index in [4.69, 9.17) is 16.3 Å². The lowest BCUT2D eigenvalue weighted by Crippen LogP contribution is -2.21. The molecule has 0 unspecified atom stereocenters. The molecule has 1 N–H and O–H groups in total. The van der Waals surface area contributed by atoms with Crippen molar-refractivity contribution in [3.05, 3.63) is 23.5 Å². The molecule has 0 radical (unpaired) electrons. The van der Waals surface area contributed by atoms with Gasteiger partial charge in [0.1, 0.15) is 0 Å². The largest absolute Gasteiger partial charge is 0.456 e. The summed E-state index contributed by atoms with van der Waals surface area (Å²) in [6.45, 7) is -0.295. The summed E-state index contributed by atoms with van der Waals surface area (Å²) in [6, 6.07) is 3.29. The van der Waals surface area contributed by atoms with Crippen molar-refractivity contribution in [3.8, 4) is 0 Å². The SMILES string of the molecule is O=C(COC(=O)CC1CCCC1)Nc1cccnc1Cl. The minimum atomic E-state index is -0.417. The Morgan fingerprint density at radius 2 is 2.15 bits per heavy atom. The number of aromatic nitrogens is 1. The van der Waals surface area contributed by atoms with Gasteiger partial charge in [0.2, 0.25) is 0 Å². The number of hydrogen-bond acceptors (Lipinski definition) is 4. The van der Waals surface area contributed by atoms with Crippen LogP contribution in [0.2, 0.25) is 5.15 Å². The minimum Gasteiger partial charge on any atom is -0.456 e. The van der Waals surface area contributed by atoms with E-state index in [-0.39, 0.29) is 17.7 Å². The average molecular weight is 297 g/mol. The molecule has 1 heterocycles. The summed E-state index contributed by atoms with van der Waals surface area (Å²) >= 11 is 5.81. The third-order valence-corrected chi connectivity index (χ3v) is 3.63. The molecule has 2 rings (SSSR count). The second-order valence-corrected chi connectivity index (χ2v) is 5.26. The fraction of sp³-hybridized carbons (Fsp3) is 0.500. The molecule has 0 spiro atoms. The van der Waals surface area contributed by atoms with Crippen LogP contribution in [0.15, 0.2) is 18.3 Å². The van der Waals surface area contributed by atoms with Crippen molar-refractivity contribution < 1.29 is 14.3 Å². The highest BCUT2D eigenvalue weighted by atomic mass is 35.5. The number of carbonyl (C=O) groups excluding carboxylic acids is 2. The lowest BCUT2D eigenvalue weighted by molar-refractivity contribution is -0.148. The Morgan fingerprint density at radius 3 is 2.85 bits per heavy atom. The molecule has 1 aromatic rings. The van der Waals surface area contributed by atoms with Crippen molar-refractivity contribution >= 4 is 29.2 Å². The Balaban J connectivity index is 1.72. The maximum absolute atomic E-state index is 11.6.